The number of aliphatic hydroxyl groups is 2. The van der Waals surface area contributed by atoms with Gasteiger partial charge in [-0.3, -0.25) is 33.8 Å². The molecule has 1 aromatic carbocycles. The molecule has 4 N–H and O–H groups in total. The Hall–Kier alpha value is -9.14. The van der Waals surface area contributed by atoms with Crippen molar-refractivity contribution in [3.8, 4) is 23.0 Å². The van der Waals surface area contributed by atoms with E-state index in [0.717, 1.165) is 170 Å². The van der Waals surface area contributed by atoms with Gasteiger partial charge in [-0.15, -0.1) is 0 Å². The van der Waals surface area contributed by atoms with Crippen LogP contribution in [0.4, 0.5) is 13.2 Å². The highest BCUT2D eigenvalue weighted by molar-refractivity contribution is 9.11. The molecule has 19 atom stereocenters. The molecule has 2 aromatic rings. The summed E-state index contributed by atoms with van der Waals surface area (Å²) in [5.41, 5.74) is 4.91. The average Bonchev–Trinajstić information content (AvgIpc) is 1.59. The number of Topliss-reactive ketones (excluding diaryl/α,β-unsaturated/α-hetero) is 1. The molecule has 1 aromatic heterocycles. The number of aromatic nitrogens is 1. The summed E-state index contributed by atoms with van der Waals surface area (Å²) in [6, 6.07) is 8.89. The van der Waals surface area contributed by atoms with Crippen molar-refractivity contribution in [3.05, 3.63) is 148 Å². The Balaban J connectivity index is 0.000000157. The van der Waals surface area contributed by atoms with Crippen LogP contribution >= 0.6 is 15.9 Å². The van der Waals surface area contributed by atoms with Gasteiger partial charge in [-0.2, -0.15) is 13.2 Å². The number of hydrogen-bond acceptors (Lipinski definition) is 30. The fraction of sp³-hybridized carbons (Fsp3) is 0.642. The molecule has 798 valence electrons. The van der Waals surface area contributed by atoms with E-state index < -0.39 is 76.7 Å². The third-order valence-electron chi connectivity index (χ3n) is 29.9. The van der Waals surface area contributed by atoms with Crippen molar-refractivity contribution in [2.24, 2.45) is 82.9 Å². The van der Waals surface area contributed by atoms with Crippen molar-refractivity contribution in [3.63, 3.8) is 0 Å². The molecule has 12 unspecified atom stereocenters. The highest BCUT2D eigenvalue weighted by Gasteiger charge is 2.62. The highest BCUT2D eigenvalue weighted by atomic mass is 79.9. The number of pyridine rings is 1. The predicted octanol–water partition coefficient (Wildman–Crippen LogP) is 15.6. The molecular formula is C109H143BrF3NO31. The van der Waals surface area contributed by atoms with E-state index in [1.165, 1.54) is 69.3 Å². The maximum Gasteiger partial charge on any atom is 0.416 e. The van der Waals surface area contributed by atoms with E-state index in [4.69, 9.17) is 86.4 Å². The Morgan fingerprint density at radius 3 is 1.48 bits per heavy atom. The lowest BCUT2D eigenvalue weighted by atomic mass is 9.56. The van der Waals surface area contributed by atoms with Crippen LogP contribution in [-0.4, -0.2) is 244 Å². The molecule has 0 amide bonds. The number of aldehydes is 1. The Bertz CT molecular complexity index is 5050. The van der Waals surface area contributed by atoms with Crippen molar-refractivity contribution in [2.75, 3.05) is 93.5 Å². The monoisotopic (exact) mass is 2100 g/mol. The standard InChI is InChI=1S/C16H22O6.C16H22O5.C16H22O4.C14H12F3N.C12H16O4.C11H14O4.C8H11BrO2.C6H10O2.C6H8O2.C4H6O2/c1-8-12-11(15(19)22-8)6-9-7-16(20-4-5-21-16)3-2-10(9)13(12)14(17)18;1-9-14-12(15(18)21-9)6-10-7-16(19-4-5-20-16)3-2-11(10)13(14)8-17;1-9-12-3-4-16(18-5-6-19-16)8-11(12)7-13-14(9)10(2)20-15(13)17;1-2-13-7-6-11(9-18-13)10-4-3-5-12(8-10)14(15,16)17;1-14-11(13)5-4-10-3-2-6-12(9-10)15-7-8-16-12;12-10(13)4-3-9-2-1-5-11(8-9)14-6-7-15-11;9-7-2-1-3-8(6-7)10-4-5-11-8;2*1-5(7)3-4-6(2)8;1-3-4(5)6-2/h8-13H,2-7H2,1H3,(H,17,18);8-14H,2-7H2,1H3;7,9-10,12-14H,3-6,8H2,1-2H3;3-9H,2H2,1H3;3-5H,2,6-9H2,1H3;2-4H,1,5-8H2,(H,12,13);2H,1,3-6H2;3-5,7H,1-2H3;5,7H,1-2H3;3H,1H2,2H3/b;;;;5-4+;4-3+;;4-3-;;/t8-,9?,10?,11?,12?,13?;9-,10?,11?,12?,13?,14?;9?,10-,12?,13-,14-;;;;;2*5-;/m111....11./s1. The molecule has 0 radical (unpaired) electrons. The second-order valence-electron chi connectivity index (χ2n) is 39.6. The number of carbonyl (C=O) groups excluding carboxylic acids is 8. The number of rotatable bonds is 11. The molecule has 0 bridgehead atoms. The van der Waals surface area contributed by atoms with Crippen LogP contribution in [0.25, 0.3) is 11.1 Å². The van der Waals surface area contributed by atoms with Crippen LogP contribution in [0, 0.1) is 94.7 Å². The number of ether oxygens (including phenoxy) is 17. The molecule has 9 aliphatic heterocycles. The van der Waals surface area contributed by atoms with Gasteiger partial charge in [-0.05, 0) is 186 Å². The topological polar surface area (TPSA) is 421 Å². The number of methoxy groups -OCH3 is 2. The van der Waals surface area contributed by atoms with Crippen LogP contribution in [0.3, 0.4) is 0 Å². The fourth-order valence-corrected chi connectivity index (χ4v) is 24.0. The molecule has 10 heterocycles. The zero-order valence-corrected chi connectivity index (χ0v) is 86.3. The Labute approximate surface area is 854 Å². The highest BCUT2D eigenvalue weighted by Crippen LogP contribution is 2.59. The van der Waals surface area contributed by atoms with Gasteiger partial charge < -0.3 is 106 Å². The quantitative estimate of drug-likeness (QED) is 0.0309. The Morgan fingerprint density at radius 2 is 1.04 bits per heavy atom. The van der Waals surface area contributed by atoms with E-state index in [2.05, 4.69) is 74.0 Å². The summed E-state index contributed by atoms with van der Waals surface area (Å²) < 4.78 is 132. The summed E-state index contributed by atoms with van der Waals surface area (Å²) in [6.07, 6.45) is 33.1. The summed E-state index contributed by atoms with van der Waals surface area (Å²) in [6.45, 7) is 27.1. The first kappa shape index (κ1) is 116. The normalized spacial score (nSPS) is 30.7. The van der Waals surface area contributed by atoms with E-state index in [1.54, 1.807) is 37.4 Å². The second-order valence-corrected chi connectivity index (χ2v) is 40.7. The Morgan fingerprint density at radius 1 is 0.572 bits per heavy atom. The zero-order valence-electron chi connectivity index (χ0n) is 84.8. The Kier molecular flexibility index (Phi) is 42.7. The smallest absolute Gasteiger partial charge is 0.416 e. The van der Waals surface area contributed by atoms with Crippen LogP contribution in [0.1, 0.15) is 202 Å². The lowest BCUT2D eigenvalue weighted by molar-refractivity contribution is -0.209. The summed E-state index contributed by atoms with van der Waals surface area (Å²) in [4.78, 5) is 115. The number of halogens is 4. The maximum absolute atomic E-state index is 12.6. The van der Waals surface area contributed by atoms with E-state index in [1.807, 2.05) is 39.8 Å². The van der Waals surface area contributed by atoms with Gasteiger partial charge in [0.1, 0.15) is 30.7 Å². The molecule has 14 fully saturated rings. The number of esters is 5. The third-order valence-corrected chi connectivity index (χ3v) is 30.5. The number of ketones is 2. The number of carboxylic acids is 2. The van der Waals surface area contributed by atoms with Crippen molar-refractivity contribution in [1.29, 1.82) is 0 Å². The molecule has 9 saturated heterocycles. The number of aliphatic hydroxyl groups excluding tert-OH is 2. The van der Waals surface area contributed by atoms with Crippen LogP contribution in [-0.2, 0) is 141 Å². The average molecular weight is 2100 g/mol. The summed E-state index contributed by atoms with van der Waals surface area (Å²) in [5.74, 6) is 0.0253. The number of benzene rings is 1. The number of aryl methyl sites for hydroxylation is 1. The fourth-order valence-electron chi connectivity index (χ4n) is 23.4. The second kappa shape index (κ2) is 53.3. The van der Waals surface area contributed by atoms with Crippen LogP contribution < -0.4 is 0 Å². The molecule has 36 heteroatoms. The zero-order chi connectivity index (χ0) is 105. The first-order valence-corrected chi connectivity index (χ1v) is 51.3. The van der Waals surface area contributed by atoms with Crippen molar-refractivity contribution >= 4 is 75.6 Å². The molecular weight excluding hydrogens is 1960 g/mol. The molecule has 18 aliphatic rings. The van der Waals surface area contributed by atoms with Gasteiger partial charge in [0.2, 0.25) is 5.78 Å². The number of aliphatic carboxylic acids is 2. The van der Waals surface area contributed by atoms with Gasteiger partial charge in [0.15, 0.2) is 40.5 Å². The first-order valence-electron chi connectivity index (χ1n) is 50.5. The van der Waals surface area contributed by atoms with Gasteiger partial charge >= 0.3 is 48.0 Å². The van der Waals surface area contributed by atoms with Crippen LogP contribution in [0.15, 0.2) is 137 Å². The summed E-state index contributed by atoms with van der Waals surface area (Å²) >= 11 is 3.47. The van der Waals surface area contributed by atoms with E-state index in [0.29, 0.717) is 132 Å². The molecule has 32 nitrogen and oxygen atoms in total. The number of cyclic esters (lactones) is 3. The van der Waals surface area contributed by atoms with Crippen molar-refractivity contribution in [2.45, 2.75) is 269 Å². The number of nitrogens with zero attached hydrogens (tertiary/aromatic N) is 1. The lowest BCUT2D eigenvalue weighted by Crippen LogP contribution is -2.51. The first-order chi connectivity index (χ1) is 69.0. The van der Waals surface area contributed by atoms with Crippen molar-refractivity contribution < 1.29 is 162 Å². The number of hydrogen-bond donors (Lipinski definition) is 4. The minimum absolute atomic E-state index is 0.0362. The third kappa shape index (κ3) is 31.7. The maximum atomic E-state index is 12.6. The number of allylic oxidation sites excluding steroid dienone is 6. The van der Waals surface area contributed by atoms with Gasteiger partial charge in [-0.25, -0.2) is 14.4 Å². The largest absolute Gasteiger partial charge is 0.481 e. The summed E-state index contributed by atoms with van der Waals surface area (Å²) in [7, 11) is 2.68. The number of alkyl halides is 3. The summed E-state index contributed by atoms with van der Waals surface area (Å²) in [5, 5.41) is 35.3. The predicted molar refractivity (Wildman–Crippen MR) is 522 cm³/mol. The molecule has 9 aliphatic carbocycles. The molecule has 145 heavy (non-hydrogen) atoms. The van der Waals surface area contributed by atoms with Gasteiger partial charge in [-0.1, -0.05) is 109 Å². The van der Waals surface area contributed by atoms with E-state index >= 15 is 0 Å². The van der Waals surface area contributed by atoms with Gasteiger partial charge in [0.25, 0.3) is 0 Å². The van der Waals surface area contributed by atoms with Gasteiger partial charge in [0.05, 0.1) is 129 Å². The number of carbonyl (C=O) groups is 10. The van der Waals surface area contributed by atoms with Crippen molar-refractivity contribution in [1.82, 2.24) is 4.98 Å². The van der Waals surface area contributed by atoms with Crippen LogP contribution in [0.2, 0.25) is 0 Å². The minimum Gasteiger partial charge on any atom is -0.481 e. The van der Waals surface area contributed by atoms with E-state index in [9.17, 15) is 66.2 Å². The van der Waals surface area contributed by atoms with Crippen LogP contribution in [0.5, 0.6) is 0 Å². The molecule has 20 rings (SSSR count). The van der Waals surface area contributed by atoms with Gasteiger partial charge in [0, 0.05) is 143 Å². The SMILES string of the molecule is BrC1=CCCC2(C1)OCCO2.C=CC(=O)OC.CC(=O)/C=C\[C@@H](C)O.CC(=O)C#C[C@@H](C)O.CC1C2CCC3(CC2=C[C@H]2C(=O)O[C@H](C)[C@@H]12)OCCO3.CCc1ccc(-c2cccc(C(F)(F)F)c2)cn1.COC(=O)/C=C/C1=CCCC2(C1)OCCO2.C[C@H]1OC(=O)C2CC3CC4(CCC3C(C(=O)O)C21)OCCO4.C[C@H]1OC(=O)C2CC3CC4(CCC3C(C=O)C21)OCCO4.O=C(O)/C=C/C1=CCCC2(C1)OCCO2. The van der Waals surface area contributed by atoms with E-state index in [-0.39, 0.29) is 107 Å². The number of carboxylic acid groups (broad SMARTS) is 2. The number of fused-ring (bicyclic) bond motifs is 6. The lowest BCUT2D eigenvalue weighted by Gasteiger charge is -2.48. The minimum atomic E-state index is -4.31. The molecule has 6 spiro atoms. The molecule has 5 saturated carbocycles.